The van der Waals surface area contributed by atoms with Gasteiger partial charge in [0.1, 0.15) is 5.76 Å². The van der Waals surface area contributed by atoms with Crippen LogP contribution in [-0.2, 0) is 6.42 Å². The molecule has 2 N–H and O–H groups in total. The lowest BCUT2D eigenvalue weighted by molar-refractivity contribution is 0.397. The van der Waals surface area contributed by atoms with Crippen molar-refractivity contribution >= 4 is 11.3 Å². The topological polar surface area (TPSA) is 39.2 Å². The molecule has 84 valence electrons. The summed E-state index contributed by atoms with van der Waals surface area (Å²) in [6.45, 7) is 0. The van der Waals surface area contributed by atoms with Crippen LogP contribution in [0.4, 0.5) is 0 Å². The minimum atomic E-state index is 0.00338. The number of thiophene rings is 1. The van der Waals surface area contributed by atoms with Crippen LogP contribution in [0.2, 0.25) is 0 Å². The third-order valence-corrected chi connectivity index (χ3v) is 4.40. The summed E-state index contributed by atoms with van der Waals surface area (Å²) in [6, 6.07) is 6.12. The van der Waals surface area contributed by atoms with Crippen molar-refractivity contribution in [1.29, 1.82) is 0 Å². The van der Waals surface area contributed by atoms with E-state index in [2.05, 4.69) is 11.4 Å². The molecule has 2 atom stereocenters. The Balaban J connectivity index is 1.92. The van der Waals surface area contributed by atoms with Crippen molar-refractivity contribution in [2.24, 2.45) is 5.73 Å². The molecule has 0 aromatic carbocycles. The van der Waals surface area contributed by atoms with Crippen molar-refractivity contribution in [2.45, 2.75) is 31.2 Å². The highest BCUT2D eigenvalue weighted by Gasteiger charge is 2.28. The maximum atomic E-state index is 6.30. The maximum Gasteiger partial charge on any atom is 0.121 e. The molecule has 0 bridgehead atoms. The molecule has 1 aliphatic carbocycles. The second kappa shape index (κ2) is 4.07. The van der Waals surface area contributed by atoms with Crippen LogP contribution < -0.4 is 5.73 Å². The highest BCUT2D eigenvalue weighted by Crippen LogP contribution is 2.41. The van der Waals surface area contributed by atoms with Crippen LogP contribution in [0.5, 0.6) is 0 Å². The van der Waals surface area contributed by atoms with Gasteiger partial charge in [0.15, 0.2) is 0 Å². The monoisotopic (exact) mass is 233 g/mol. The van der Waals surface area contributed by atoms with E-state index in [9.17, 15) is 0 Å². The van der Waals surface area contributed by atoms with Gasteiger partial charge in [0.25, 0.3) is 0 Å². The molecule has 3 rings (SSSR count). The van der Waals surface area contributed by atoms with Gasteiger partial charge in [-0.05, 0) is 48.4 Å². The average Bonchev–Trinajstić information content (AvgIpc) is 2.98. The molecule has 0 radical (unpaired) electrons. The van der Waals surface area contributed by atoms with E-state index in [0.717, 1.165) is 5.76 Å². The largest absolute Gasteiger partial charge is 0.468 e. The lowest BCUT2D eigenvalue weighted by Gasteiger charge is -2.26. The van der Waals surface area contributed by atoms with E-state index in [1.807, 2.05) is 23.5 Å². The van der Waals surface area contributed by atoms with Crippen LogP contribution in [0.15, 0.2) is 34.3 Å². The number of hydrogen-bond donors (Lipinski definition) is 1. The Morgan fingerprint density at radius 2 is 2.38 bits per heavy atom. The van der Waals surface area contributed by atoms with Gasteiger partial charge < -0.3 is 10.2 Å². The summed E-state index contributed by atoms with van der Waals surface area (Å²) in [4.78, 5) is 1.51. The van der Waals surface area contributed by atoms with Crippen LogP contribution in [0.1, 0.15) is 41.0 Å². The molecule has 2 heterocycles. The Morgan fingerprint density at radius 3 is 3.19 bits per heavy atom. The molecule has 2 unspecified atom stereocenters. The standard InChI is InChI=1S/C13H15NOS/c14-13(11-4-2-7-15-11)10-3-1-5-12-9(10)6-8-16-12/h2,4,6-8,10,13H,1,3,5,14H2. The Bertz CT molecular complexity index is 460. The summed E-state index contributed by atoms with van der Waals surface area (Å²) in [5, 5.41) is 2.18. The fraction of sp³-hybridized carbons (Fsp3) is 0.385. The van der Waals surface area contributed by atoms with Gasteiger partial charge in [-0.2, -0.15) is 0 Å². The van der Waals surface area contributed by atoms with Gasteiger partial charge in [-0.15, -0.1) is 11.3 Å². The Kier molecular flexibility index (Phi) is 2.58. The number of hydrogen-bond acceptors (Lipinski definition) is 3. The lowest BCUT2D eigenvalue weighted by Crippen LogP contribution is -2.22. The molecule has 1 aliphatic rings. The summed E-state index contributed by atoms with van der Waals surface area (Å²) < 4.78 is 5.42. The number of aryl methyl sites for hydroxylation is 1. The summed E-state index contributed by atoms with van der Waals surface area (Å²) in [6.07, 6.45) is 5.33. The summed E-state index contributed by atoms with van der Waals surface area (Å²) in [5.74, 6) is 1.34. The smallest absolute Gasteiger partial charge is 0.121 e. The van der Waals surface area contributed by atoms with Gasteiger partial charge in [0.2, 0.25) is 0 Å². The summed E-state index contributed by atoms with van der Waals surface area (Å²) >= 11 is 1.86. The fourth-order valence-electron chi connectivity index (χ4n) is 2.57. The number of fused-ring (bicyclic) bond motifs is 1. The third kappa shape index (κ3) is 1.60. The van der Waals surface area contributed by atoms with Crippen LogP contribution in [-0.4, -0.2) is 0 Å². The number of furan rings is 1. The van der Waals surface area contributed by atoms with Gasteiger partial charge in [0.05, 0.1) is 12.3 Å². The first-order valence-electron chi connectivity index (χ1n) is 5.71. The zero-order valence-electron chi connectivity index (χ0n) is 9.06. The van der Waals surface area contributed by atoms with Gasteiger partial charge in [-0.3, -0.25) is 0 Å². The fourth-order valence-corrected chi connectivity index (χ4v) is 3.57. The molecule has 0 fully saturated rings. The van der Waals surface area contributed by atoms with E-state index in [1.54, 1.807) is 6.26 Å². The molecular weight excluding hydrogens is 218 g/mol. The van der Waals surface area contributed by atoms with Crippen LogP contribution in [0.25, 0.3) is 0 Å². The average molecular weight is 233 g/mol. The SMILES string of the molecule is NC(c1ccco1)C1CCCc2sccc21. The molecular formula is C13H15NOS. The second-order valence-corrected chi connectivity index (χ2v) is 5.34. The number of rotatable bonds is 2. The molecule has 0 aliphatic heterocycles. The lowest BCUT2D eigenvalue weighted by atomic mass is 9.82. The summed E-state index contributed by atoms with van der Waals surface area (Å²) in [7, 11) is 0. The van der Waals surface area contributed by atoms with Crippen molar-refractivity contribution < 1.29 is 4.42 Å². The normalized spacial score (nSPS) is 21.7. The van der Waals surface area contributed by atoms with Crippen molar-refractivity contribution in [3.05, 3.63) is 46.0 Å². The van der Waals surface area contributed by atoms with E-state index in [0.29, 0.717) is 5.92 Å². The predicted molar refractivity (Wildman–Crippen MR) is 65.6 cm³/mol. The van der Waals surface area contributed by atoms with E-state index < -0.39 is 0 Å². The first-order chi connectivity index (χ1) is 7.86. The maximum absolute atomic E-state index is 6.30. The number of nitrogens with two attached hydrogens (primary N) is 1. The van der Waals surface area contributed by atoms with Crippen LogP contribution in [0, 0.1) is 0 Å². The molecule has 3 heteroatoms. The van der Waals surface area contributed by atoms with Gasteiger partial charge >= 0.3 is 0 Å². The molecule has 0 saturated heterocycles. The van der Waals surface area contributed by atoms with Crippen molar-refractivity contribution in [3.63, 3.8) is 0 Å². The third-order valence-electron chi connectivity index (χ3n) is 3.40. The van der Waals surface area contributed by atoms with Crippen LogP contribution >= 0.6 is 11.3 Å². The second-order valence-electron chi connectivity index (χ2n) is 4.34. The Hall–Kier alpha value is -1.06. The minimum absolute atomic E-state index is 0.00338. The zero-order valence-corrected chi connectivity index (χ0v) is 9.87. The predicted octanol–water partition coefficient (Wildman–Crippen LogP) is 3.46. The first kappa shape index (κ1) is 10.1. The van der Waals surface area contributed by atoms with Crippen molar-refractivity contribution in [1.82, 2.24) is 0 Å². The van der Waals surface area contributed by atoms with Crippen molar-refractivity contribution in [3.8, 4) is 0 Å². The molecule has 2 aromatic heterocycles. The molecule has 0 spiro atoms. The quantitative estimate of drug-likeness (QED) is 0.862. The summed E-state index contributed by atoms with van der Waals surface area (Å²) in [5.41, 5.74) is 7.74. The minimum Gasteiger partial charge on any atom is -0.468 e. The molecule has 0 saturated carbocycles. The Morgan fingerprint density at radius 1 is 1.44 bits per heavy atom. The van der Waals surface area contributed by atoms with Crippen molar-refractivity contribution in [2.75, 3.05) is 0 Å². The Labute approximate surface area is 99.1 Å². The van der Waals surface area contributed by atoms with Crippen LogP contribution in [0.3, 0.4) is 0 Å². The van der Waals surface area contributed by atoms with Gasteiger partial charge in [-0.25, -0.2) is 0 Å². The highest BCUT2D eigenvalue weighted by atomic mass is 32.1. The molecule has 2 aromatic rings. The van der Waals surface area contributed by atoms with Gasteiger partial charge in [-0.1, -0.05) is 0 Å². The molecule has 0 amide bonds. The van der Waals surface area contributed by atoms with E-state index in [1.165, 1.54) is 29.7 Å². The van der Waals surface area contributed by atoms with Gasteiger partial charge in [0, 0.05) is 10.8 Å². The zero-order chi connectivity index (χ0) is 11.0. The molecule has 16 heavy (non-hydrogen) atoms. The van der Waals surface area contributed by atoms with E-state index in [-0.39, 0.29) is 6.04 Å². The van der Waals surface area contributed by atoms with E-state index in [4.69, 9.17) is 10.2 Å². The highest BCUT2D eigenvalue weighted by molar-refractivity contribution is 7.10. The first-order valence-corrected chi connectivity index (χ1v) is 6.59. The van der Waals surface area contributed by atoms with E-state index >= 15 is 0 Å². The molecule has 2 nitrogen and oxygen atoms in total.